The molecule has 7 nitrogen and oxygen atoms in total. The summed E-state index contributed by atoms with van der Waals surface area (Å²) in [5.41, 5.74) is 2.55. The molecular formula is C22H18FN5O2. The summed E-state index contributed by atoms with van der Waals surface area (Å²) in [6, 6.07) is 12.1. The van der Waals surface area contributed by atoms with Crippen LogP contribution in [0.15, 0.2) is 59.8 Å². The molecule has 2 heterocycles. The molecule has 0 aliphatic carbocycles. The fraction of sp³-hybridized carbons (Fsp3) is 0.136. The lowest BCUT2D eigenvalue weighted by atomic mass is 10.1. The van der Waals surface area contributed by atoms with Crippen molar-refractivity contribution in [1.29, 1.82) is 0 Å². The fourth-order valence-corrected chi connectivity index (χ4v) is 2.93. The molecule has 0 unspecified atom stereocenters. The quantitative estimate of drug-likeness (QED) is 0.565. The average Bonchev–Trinajstić information content (AvgIpc) is 2.73. The third-order valence-electron chi connectivity index (χ3n) is 4.66. The van der Waals surface area contributed by atoms with Gasteiger partial charge in [-0.1, -0.05) is 35.9 Å². The summed E-state index contributed by atoms with van der Waals surface area (Å²) in [6.07, 6.45) is 2.68. The van der Waals surface area contributed by atoms with Crippen molar-refractivity contribution < 1.29 is 9.18 Å². The minimum absolute atomic E-state index is 0.211. The predicted molar refractivity (Wildman–Crippen MR) is 112 cm³/mol. The third-order valence-corrected chi connectivity index (χ3v) is 4.66. The molecule has 0 spiro atoms. The van der Waals surface area contributed by atoms with Gasteiger partial charge in [0.2, 0.25) is 5.91 Å². The van der Waals surface area contributed by atoms with Crippen LogP contribution in [0, 0.1) is 19.7 Å². The number of benzene rings is 2. The first-order valence-corrected chi connectivity index (χ1v) is 9.26. The van der Waals surface area contributed by atoms with Gasteiger partial charge in [0.1, 0.15) is 24.1 Å². The number of carbonyl (C=O) groups is 1. The molecule has 1 N–H and O–H groups in total. The van der Waals surface area contributed by atoms with Gasteiger partial charge in [-0.25, -0.2) is 19.3 Å². The third kappa shape index (κ3) is 3.93. The summed E-state index contributed by atoms with van der Waals surface area (Å²) < 4.78 is 14.8. The number of halogens is 1. The Bertz CT molecular complexity index is 1320. The first kappa shape index (κ1) is 19.4. The molecule has 150 valence electrons. The highest BCUT2D eigenvalue weighted by molar-refractivity contribution is 5.90. The van der Waals surface area contributed by atoms with E-state index in [1.165, 1.54) is 18.6 Å². The number of carbonyl (C=O) groups excluding carboxylic acids is 1. The first-order chi connectivity index (χ1) is 14.4. The van der Waals surface area contributed by atoms with Crippen molar-refractivity contribution in [2.75, 3.05) is 5.32 Å². The van der Waals surface area contributed by atoms with Crippen LogP contribution < -0.4 is 10.9 Å². The SMILES string of the molecule is Cc1ccc(-c2ncc3c(=O)n(CC(=O)Nc4ccc(C)c(F)c4)cnc3n2)cc1. The standard InChI is InChI=1S/C22H18FN5O2/c1-13-3-6-15(7-4-13)20-24-10-17-21(27-20)25-12-28(22(17)30)11-19(29)26-16-8-5-14(2)18(23)9-16/h3-10,12H,11H2,1-2H3,(H,26,29). The van der Waals surface area contributed by atoms with Crippen LogP contribution in [-0.2, 0) is 11.3 Å². The second-order valence-electron chi connectivity index (χ2n) is 6.99. The lowest BCUT2D eigenvalue weighted by Crippen LogP contribution is -2.28. The van der Waals surface area contributed by atoms with Crippen molar-refractivity contribution in [3.05, 3.63) is 82.3 Å². The van der Waals surface area contributed by atoms with E-state index < -0.39 is 17.3 Å². The molecule has 0 radical (unpaired) electrons. The lowest BCUT2D eigenvalue weighted by Gasteiger charge is -2.09. The molecule has 0 aliphatic rings. The number of rotatable bonds is 4. The largest absolute Gasteiger partial charge is 0.324 e. The number of aromatic nitrogens is 4. The summed E-state index contributed by atoms with van der Waals surface area (Å²) in [5.74, 6) is -0.427. The second kappa shape index (κ2) is 7.82. The van der Waals surface area contributed by atoms with Gasteiger partial charge in [-0.3, -0.25) is 14.2 Å². The topological polar surface area (TPSA) is 89.8 Å². The van der Waals surface area contributed by atoms with Gasteiger partial charge in [0.05, 0.1) is 0 Å². The lowest BCUT2D eigenvalue weighted by molar-refractivity contribution is -0.116. The zero-order chi connectivity index (χ0) is 21.3. The molecule has 2 aromatic carbocycles. The minimum Gasteiger partial charge on any atom is -0.324 e. The van der Waals surface area contributed by atoms with Crippen molar-refractivity contribution in [2.45, 2.75) is 20.4 Å². The number of nitrogens with one attached hydrogen (secondary N) is 1. The van der Waals surface area contributed by atoms with Crippen LogP contribution in [0.4, 0.5) is 10.1 Å². The van der Waals surface area contributed by atoms with E-state index in [4.69, 9.17) is 0 Å². The Morgan fingerprint density at radius 3 is 2.60 bits per heavy atom. The van der Waals surface area contributed by atoms with Crippen molar-refractivity contribution in [1.82, 2.24) is 19.5 Å². The summed E-state index contributed by atoms with van der Waals surface area (Å²) in [5, 5.41) is 2.78. The van der Waals surface area contributed by atoms with E-state index in [1.54, 1.807) is 19.1 Å². The van der Waals surface area contributed by atoms with Crippen LogP contribution in [0.1, 0.15) is 11.1 Å². The fourth-order valence-electron chi connectivity index (χ4n) is 2.93. The summed E-state index contributed by atoms with van der Waals surface area (Å²) in [7, 11) is 0. The number of hydrogen-bond donors (Lipinski definition) is 1. The van der Waals surface area contributed by atoms with Gasteiger partial charge in [0.25, 0.3) is 5.56 Å². The second-order valence-corrected chi connectivity index (χ2v) is 6.99. The highest BCUT2D eigenvalue weighted by Gasteiger charge is 2.12. The van der Waals surface area contributed by atoms with Crippen molar-refractivity contribution >= 4 is 22.6 Å². The highest BCUT2D eigenvalue weighted by atomic mass is 19.1. The molecule has 0 atom stereocenters. The number of hydrogen-bond acceptors (Lipinski definition) is 5. The van der Waals surface area contributed by atoms with Crippen molar-refractivity contribution in [2.24, 2.45) is 0 Å². The van der Waals surface area contributed by atoms with Crippen molar-refractivity contribution in [3.63, 3.8) is 0 Å². The molecular weight excluding hydrogens is 385 g/mol. The zero-order valence-corrected chi connectivity index (χ0v) is 16.4. The van der Waals surface area contributed by atoms with E-state index in [1.807, 2.05) is 31.2 Å². The molecule has 0 aliphatic heterocycles. The molecule has 8 heteroatoms. The van der Waals surface area contributed by atoms with Crippen LogP contribution in [0.5, 0.6) is 0 Å². The van der Waals surface area contributed by atoms with E-state index in [2.05, 4.69) is 20.3 Å². The number of amides is 1. The van der Waals surface area contributed by atoms with Gasteiger partial charge in [-0.05, 0) is 31.5 Å². The van der Waals surface area contributed by atoms with Crippen molar-refractivity contribution in [3.8, 4) is 11.4 Å². The number of nitrogens with zero attached hydrogens (tertiary/aromatic N) is 4. The van der Waals surface area contributed by atoms with Gasteiger partial charge in [0, 0.05) is 17.4 Å². The predicted octanol–water partition coefficient (Wildman–Crippen LogP) is 3.25. The molecule has 4 rings (SSSR count). The Kier molecular flexibility index (Phi) is 5.05. The normalized spacial score (nSPS) is 10.9. The molecule has 2 aromatic heterocycles. The molecule has 0 saturated heterocycles. The Hall–Kier alpha value is -3.94. The van der Waals surface area contributed by atoms with Gasteiger partial charge in [-0.2, -0.15) is 0 Å². The molecule has 0 fully saturated rings. The maximum Gasteiger partial charge on any atom is 0.264 e. The molecule has 0 bridgehead atoms. The molecule has 4 aromatic rings. The van der Waals surface area contributed by atoms with Gasteiger partial charge in [-0.15, -0.1) is 0 Å². The number of fused-ring (bicyclic) bond motifs is 1. The summed E-state index contributed by atoms with van der Waals surface area (Å²) in [6.45, 7) is 3.35. The Morgan fingerprint density at radius 1 is 1.10 bits per heavy atom. The van der Waals surface area contributed by atoms with Crippen LogP contribution >= 0.6 is 0 Å². The summed E-state index contributed by atoms with van der Waals surface area (Å²) >= 11 is 0. The van der Waals surface area contributed by atoms with Crippen LogP contribution in [0.2, 0.25) is 0 Å². The zero-order valence-electron chi connectivity index (χ0n) is 16.4. The summed E-state index contributed by atoms with van der Waals surface area (Å²) in [4.78, 5) is 37.8. The van der Waals surface area contributed by atoms with Gasteiger partial charge >= 0.3 is 0 Å². The first-order valence-electron chi connectivity index (χ1n) is 9.26. The minimum atomic E-state index is -0.473. The van der Waals surface area contributed by atoms with E-state index in [-0.39, 0.29) is 17.6 Å². The van der Waals surface area contributed by atoms with E-state index >= 15 is 0 Å². The Balaban J connectivity index is 1.57. The molecule has 0 saturated carbocycles. The Labute approximate surface area is 171 Å². The van der Waals surface area contributed by atoms with E-state index in [0.717, 1.165) is 15.7 Å². The van der Waals surface area contributed by atoms with E-state index in [9.17, 15) is 14.0 Å². The number of aryl methyl sites for hydroxylation is 2. The smallest absolute Gasteiger partial charge is 0.264 e. The monoisotopic (exact) mass is 403 g/mol. The molecule has 30 heavy (non-hydrogen) atoms. The van der Waals surface area contributed by atoms with Crippen LogP contribution in [0.3, 0.4) is 0 Å². The maximum atomic E-state index is 13.6. The average molecular weight is 403 g/mol. The van der Waals surface area contributed by atoms with Gasteiger partial charge < -0.3 is 5.32 Å². The van der Waals surface area contributed by atoms with E-state index in [0.29, 0.717) is 17.1 Å². The maximum absolute atomic E-state index is 13.6. The van der Waals surface area contributed by atoms with Crippen LogP contribution in [0.25, 0.3) is 22.4 Å². The van der Waals surface area contributed by atoms with Crippen LogP contribution in [-0.4, -0.2) is 25.4 Å². The van der Waals surface area contributed by atoms with Gasteiger partial charge in [0.15, 0.2) is 11.5 Å². The number of anilines is 1. The Morgan fingerprint density at radius 2 is 1.87 bits per heavy atom. The molecule has 1 amide bonds. The highest BCUT2D eigenvalue weighted by Crippen LogP contribution is 2.17.